The highest BCUT2D eigenvalue weighted by atomic mass is 16.5. The molecule has 22 heavy (non-hydrogen) atoms. The fourth-order valence-corrected chi connectivity index (χ4v) is 2.12. The molecule has 0 saturated carbocycles. The van der Waals surface area contributed by atoms with E-state index in [4.69, 9.17) is 4.74 Å². The van der Waals surface area contributed by atoms with Gasteiger partial charge < -0.3 is 10.1 Å². The number of likely N-dealkylation sites (N-methyl/N-ethyl adjacent to an activating group) is 1. The van der Waals surface area contributed by atoms with Gasteiger partial charge in [-0.05, 0) is 12.6 Å². The van der Waals surface area contributed by atoms with Crippen molar-refractivity contribution >= 4 is 5.91 Å². The number of aromatic nitrogens is 2. The molecule has 0 saturated heterocycles. The zero-order chi connectivity index (χ0) is 15.8. The minimum absolute atomic E-state index is 0.0150. The molecule has 2 aromatic rings. The van der Waals surface area contributed by atoms with Crippen molar-refractivity contribution in [3.05, 3.63) is 42.1 Å². The van der Waals surface area contributed by atoms with Gasteiger partial charge in [0.1, 0.15) is 0 Å². The number of hydrogen-bond donors (Lipinski definition) is 2. The van der Waals surface area contributed by atoms with Crippen LogP contribution in [-0.4, -0.2) is 54.9 Å². The topological polar surface area (TPSA) is 70.2 Å². The average molecular weight is 302 g/mol. The van der Waals surface area contributed by atoms with Gasteiger partial charge in [0.2, 0.25) is 5.91 Å². The lowest BCUT2D eigenvalue weighted by molar-refractivity contribution is -0.122. The van der Waals surface area contributed by atoms with Gasteiger partial charge >= 0.3 is 0 Å². The normalized spacial score (nSPS) is 10.9. The van der Waals surface area contributed by atoms with Crippen molar-refractivity contribution < 1.29 is 9.53 Å². The Labute approximate surface area is 130 Å². The number of amides is 1. The number of nitrogens with zero attached hydrogens (tertiary/aromatic N) is 2. The summed E-state index contributed by atoms with van der Waals surface area (Å²) in [4.78, 5) is 13.9. The van der Waals surface area contributed by atoms with Crippen LogP contribution in [0.15, 0.2) is 36.5 Å². The van der Waals surface area contributed by atoms with E-state index in [1.165, 1.54) is 0 Å². The molecule has 0 radical (unpaired) electrons. The number of methoxy groups -OCH3 is 1. The number of aromatic amines is 1. The summed E-state index contributed by atoms with van der Waals surface area (Å²) in [5.41, 5.74) is 2.97. The molecule has 0 aliphatic rings. The van der Waals surface area contributed by atoms with Crippen molar-refractivity contribution in [3.63, 3.8) is 0 Å². The van der Waals surface area contributed by atoms with Crippen LogP contribution in [0.3, 0.4) is 0 Å². The fourth-order valence-electron chi connectivity index (χ4n) is 2.12. The third-order valence-electron chi connectivity index (χ3n) is 3.35. The molecule has 118 valence electrons. The first kappa shape index (κ1) is 16.2. The Bertz CT molecular complexity index is 583. The van der Waals surface area contributed by atoms with E-state index >= 15 is 0 Å². The van der Waals surface area contributed by atoms with E-state index in [9.17, 15) is 4.79 Å². The molecule has 0 bridgehead atoms. The summed E-state index contributed by atoms with van der Waals surface area (Å²) in [7, 11) is 3.55. The molecule has 1 amide bonds. The Kier molecular flexibility index (Phi) is 6.12. The van der Waals surface area contributed by atoms with Crippen LogP contribution in [-0.2, 0) is 16.1 Å². The lowest BCUT2D eigenvalue weighted by atomic mass is 10.1. The summed E-state index contributed by atoms with van der Waals surface area (Å²) in [6.07, 6.45) is 1.75. The van der Waals surface area contributed by atoms with Gasteiger partial charge in [-0.15, -0.1) is 0 Å². The second-order valence-electron chi connectivity index (χ2n) is 5.14. The molecule has 0 atom stereocenters. The number of carbonyl (C=O) groups excluding carboxylic acids is 1. The molecule has 0 unspecified atom stereocenters. The SMILES string of the molecule is COCCN(C)CC(=O)NCc1cn[nH]c1-c1ccccc1. The smallest absolute Gasteiger partial charge is 0.234 e. The monoisotopic (exact) mass is 302 g/mol. The summed E-state index contributed by atoms with van der Waals surface area (Å²) >= 11 is 0. The maximum Gasteiger partial charge on any atom is 0.234 e. The van der Waals surface area contributed by atoms with Gasteiger partial charge in [-0.3, -0.25) is 14.8 Å². The quantitative estimate of drug-likeness (QED) is 0.770. The summed E-state index contributed by atoms with van der Waals surface area (Å²) in [5, 5.41) is 9.98. The van der Waals surface area contributed by atoms with Crippen LogP contribution in [0.1, 0.15) is 5.56 Å². The molecule has 1 aromatic carbocycles. The molecular formula is C16H22N4O2. The molecule has 2 rings (SSSR count). The van der Waals surface area contributed by atoms with E-state index in [0.717, 1.165) is 23.4 Å². The van der Waals surface area contributed by atoms with Gasteiger partial charge in [0.05, 0.1) is 25.0 Å². The predicted molar refractivity (Wildman–Crippen MR) is 85.2 cm³/mol. The molecule has 1 heterocycles. The first-order chi connectivity index (χ1) is 10.7. The van der Waals surface area contributed by atoms with E-state index in [1.54, 1.807) is 13.3 Å². The standard InChI is InChI=1S/C16H22N4O2/c1-20(8-9-22-2)12-15(21)17-10-14-11-18-19-16(14)13-6-4-3-5-7-13/h3-7,11H,8-10,12H2,1-2H3,(H,17,21)(H,18,19). The van der Waals surface area contributed by atoms with Crippen LogP contribution in [0.4, 0.5) is 0 Å². The van der Waals surface area contributed by atoms with Crippen LogP contribution in [0.5, 0.6) is 0 Å². The minimum Gasteiger partial charge on any atom is -0.383 e. The third kappa shape index (κ3) is 4.68. The van der Waals surface area contributed by atoms with E-state index in [-0.39, 0.29) is 5.91 Å². The highest BCUT2D eigenvalue weighted by Gasteiger charge is 2.10. The van der Waals surface area contributed by atoms with Gasteiger partial charge in [0, 0.05) is 25.8 Å². The first-order valence-electron chi connectivity index (χ1n) is 7.22. The molecule has 0 aliphatic carbocycles. The van der Waals surface area contributed by atoms with E-state index in [1.807, 2.05) is 42.3 Å². The van der Waals surface area contributed by atoms with Crippen LogP contribution >= 0.6 is 0 Å². The van der Waals surface area contributed by atoms with Gasteiger partial charge in [-0.2, -0.15) is 5.10 Å². The van der Waals surface area contributed by atoms with Crippen molar-refractivity contribution in [1.82, 2.24) is 20.4 Å². The molecule has 1 aromatic heterocycles. The highest BCUT2D eigenvalue weighted by Crippen LogP contribution is 2.20. The van der Waals surface area contributed by atoms with Gasteiger partial charge in [0.25, 0.3) is 0 Å². The molecule has 0 spiro atoms. The van der Waals surface area contributed by atoms with E-state index < -0.39 is 0 Å². The molecule has 2 N–H and O–H groups in total. The zero-order valence-corrected chi connectivity index (χ0v) is 13.0. The lowest BCUT2D eigenvalue weighted by Crippen LogP contribution is -2.36. The van der Waals surface area contributed by atoms with E-state index in [2.05, 4.69) is 15.5 Å². The average Bonchev–Trinajstić information content (AvgIpc) is 3.00. The Balaban J connectivity index is 1.88. The second kappa shape index (κ2) is 8.31. The molecular weight excluding hydrogens is 280 g/mol. The van der Waals surface area contributed by atoms with Crippen LogP contribution in [0, 0.1) is 0 Å². The number of rotatable bonds is 8. The van der Waals surface area contributed by atoms with Crippen molar-refractivity contribution in [2.24, 2.45) is 0 Å². The van der Waals surface area contributed by atoms with Gasteiger partial charge in [-0.1, -0.05) is 30.3 Å². The number of H-pyrrole nitrogens is 1. The van der Waals surface area contributed by atoms with Crippen LogP contribution < -0.4 is 5.32 Å². The largest absolute Gasteiger partial charge is 0.383 e. The third-order valence-corrected chi connectivity index (χ3v) is 3.35. The summed E-state index contributed by atoms with van der Waals surface area (Å²) in [6, 6.07) is 9.94. The lowest BCUT2D eigenvalue weighted by Gasteiger charge is -2.15. The van der Waals surface area contributed by atoms with Crippen LogP contribution in [0.25, 0.3) is 11.3 Å². The number of benzene rings is 1. The molecule has 6 nitrogen and oxygen atoms in total. The Morgan fingerprint density at radius 3 is 2.86 bits per heavy atom. The Hall–Kier alpha value is -2.18. The highest BCUT2D eigenvalue weighted by molar-refractivity contribution is 5.78. The van der Waals surface area contributed by atoms with Crippen molar-refractivity contribution in [1.29, 1.82) is 0 Å². The zero-order valence-electron chi connectivity index (χ0n) is 13.0. The van der Waals surface area contributed by atoms with Crippen molar-refractivity contribution in [2.45, 2.75) is 6.54 Å². The van der Waals surface area contributed by atoms with Crippen molar-refractivity contribution in [3.8, 4) is 11.3 Å². The summed E-state index contributed by atoms with van der Waals surface area (Å²) < 4.78 is 4.99. The molecule has 0 fully saturated rings. The maximum absolute atomic E-state index is 11.9. The minimum atomic E-state index is -0.0150. The Morgan fingerprint density at radius 1 is 1.36 bits per heavy atom. The van der Waals surface area contributed by atoms with Crippen LogP contribution in [0.2, 0.25) is 0 Å². The summed E-state index contributed by atoms with van der Waals surface area (Å²) in [5.74, 6) is -0.0150. The fraction of sp³-hybridized carbons (Fsp3) is 0.375. The van der Waals surface area contributed by atoms with Crippen molar-refractivity contribution in [2.75, 3.05) is 33.9 Å². The number of hydrogen-bond acceptors (Lipinski definition) is 4. The number of nitrogens with one attached hydrogen (secondary N) is 2. The second-order valence-corrected chi connectivity index (χ2v) is 5.14. The molecule has 0 aliphatic heterocycles. The predicted octanol–water partition coefficient (Wildman–Crippen LogP) is 1.27. The number of carbonyl (C=O) groups is 1. The van der Waals surface area contributed by atoms with Gasteiger partial charge in [-0.25, -0.2) is 0 Å². The summed E-state index contributed by atoms with van der Waals surface area (Å²) in [6.45, 7) is 2.15. The first-order valence-corrected chi connectivity index (χ1v) is 7.22. The molecule has 6 heteroatoms. The maximum atomic E-state index is 11.9. The van der Waals surface area contributed by atoms with E-state index in [0.29, 0.717) is 19.7 Å². The Morgan fingerprint density at radius 2 is 2.14 bits per heavy atom. The number of ether oxygens (including phenoxy) is 1. The van der Waals surface area contributed by atoms with Gasteiger partial charge in [0.15, 0.2) is 0 Å².